The number of hydrogen-bond donors (Lipinski definition) is 1. The van der Waals surface area contributed by atoms with Crippen molar-refractivity contribution in [2.75, 3.05) is 5.32 Å². The zero-order valence-corrected chi connectivity index (χ0v) is 7.30. The molecule has 0 unspecified atom stereocenters. The number of nitrogens with zero attached hydrogens (tertiary/aromatic N) is 1. The molecule has 1 aromatic heterocycles. The third kappa shape index (κ3) is 2.71. The Morgan fingerprint density at radius 3 is 2.73 bits per heavy atom. The van der Waals surface area contributed by atoms with Gasteiger partial charge in [-0.3, -0.25) is 4.79 Å². The first-order valence-corrected chi connectivity index (χ1v) is 3.75. The van der Waals surface area contributed by atoms with Crippen LogP contribution in [0.5, 0.6) is 0 Å². The lowest BCUT2D eigenvalue weighted by atomic mass is 10.3. The molecule has 0 bridgehead atoms. The number of alkyl halides is 3. The van der Waals surface area contributed by atoms with Crippen molar-refractivity contribution in [3.8, 4) is 12.3 Å². The van der Waals surface area contributed by atoms with Gasteiger partial charge in [-0.15, -0.1) is 6.42 Å². The average molecular weight is 214 g/mol. The number of aromatic nitrogens is 1. The van der Waals surface area contributed by atoms with E-state index in [0.717, 1.165) is 0 Å². The molecule has 0 saturated carbocycles. The van der Waals surface area contributed by atoms with Gasteiger partial charge < -0.3 is 5.32 Å². The topological polar surface area (TPSA) is 42.0 Å². The van der Waals surface area contributed by atoms with Crippen LogP contribution in [0.25, 0.3) is 0 Å². The summed E-state index contributed by atoms with van der Waals surface area (Å²) in [7, 11) is 0. The molecule has 0 aliphatic carbocycles. The highest BCUT2D eigenvalue weighted by molar-refractivity contribution is 5.95. The second kappa shape index (κ2) is 4.00. The van der Waals surface area contributed by atoms with E-state index in [1.165, 1.54) is 18.3 Å². The summed E-state index contributed by atoms with van der Waals surface area (Å²) in [5, 5.41) is 1.63. The van der Waals surface area contributed by atoms with Crippen LogP contribution in [0.15, 0.2) is 18.3 Å². The van der Waals surface area contributed by atoms with Gasteiger partial charge in [0.25, 0.3) is 0 Å². The second-order valence-corrected chi connectivity index (χ2v) is 2.50. The largest absolute Gasteiger partial charge is 0.471 e. The maximum absolute atomic E-state index is 11.9. The molecule has 78 valence electrons. The maximum Gasteiger partial charge on any atom is 0.471 e. The van der Waals surface area contributed by atoms with E-state index >= 15 is 0 Å². The molecule has 0 aromatic carbocycles. The fourth-order valence-electron chi connectivity index (χ4n) is 0.814. The number of anilines is 1. The van der Waals surface area contributed by atoms with Crippen LogP contribution in [0, 0.1) is 12.3 Å². The highest BCUT2D eigenvalue weighted by Crippen LogP contribution is 2.19. The van der Waals surface area contributed by atoms with Gasteiger partial charge in [-0.1, -0.05) is 0 Å². The van der Waals surface area contributed by atoms with Gasteiger partial charge >= 0.3 is 12.1 Å². The summed E-state index contributed by atoms with van der Waals surface area (Å²) in [5.74, 6) is -0.0177. The fourth-order valence-corrected chi connectivity index (χ4v) is 0.814. The maximum atomic E-state index is 11.9. The molecule has 0 radical (unpaired) electrons. The first-order valence-electron chi connectivity index (χ1n) is 3.75. The molecular weight excluding hydrogens is 209 g/mol. The first-order chi connectivity index (χ1) is 6.95. The van der Waals surface area contributed by atoms with Crippen molar-refractivity contribution >= 4 is 11.6 Å². The third-order valence-electron chi connectivity index (χ3n) is 1.45. The molecule has 0 atom stereocenters. The van der Waals surface area contributed by atoms with E-state index < -0.39 is 12.1 Å². The van der Waals surface area contributed by atoms with Crippen LogP contribution in [0.4, 0.5) is 18.9 Å². The fraction of sp³-hybridized carbons (Fsp3) is 0.111. The van der Waals surface area contributed by atoms with Crippen molar-refractivity contribution in [1.82, 2.24) is 4.98 Å². The molecule has 0 spiro atoms. The number of hydrogen-bond acceptors (Lipinski definition) is 2. The number of amides is 1. The van der Waals surface area contributed by atoms with Gasteiger partial charge in [0, 0.05) is 6.20 Å². The lowest BCUT2D eigenvalue weighted by Crippen LogP contribution is -2.30. The Morgan fingerprint density at radius 1 is 1.53 bits per heavy atom. The standard InChI is InChI=1S/C9H5F3N2O/c1-2-6-7(4-3-5-13-6)14-8(15)9(10,11)12/h1,3-5H,(H,14,15). The van der Waals surface area contributed by atoms with Crippen LogP contribution in [0.2, 0.25) is 0 Å². The van der Waals surface area contributed by atoms with Crippen LogP contribution in [-0.4, -0.2) is 17.1 Å². The molecule has 0 fully saturated rings. The van der Waals surface area contributed by atoms with Crippen LogP contribution in [-0.2, 0) is 4.79 Å². The summed E-state index contributed by atoms with van der Waals surface area (Å²) in [5.41, 5.74) is -0.183. The van der Waals surface area contributed by atoms with Gasteiger partial charge in [0.1, 0.15) is 5.69 Å². The monoisotopic (exact) mass is 214 g/mol. The van der Waals surface area contributed by atoms with Gasteiger partial charge in [-0.05, 0) is 18.1 Å². The highest BCUT2D eigenvalue weighted by Gasteiger charge is 2.38. The van der Waals surface area contributed by atoms with Crippen molar-refractivity contribution in [2.24, 2.45) is 0 Å². The summed E-state index contributed by atoms with van der Waals surface area (Å²) >= 11 is 0. The normalized spacial score (nSPS) is 10.5. The Bertz CT molecular complexity index is 420. The average Bonchev–Trinajstić information content (AvgIpc) is 2.17. The van der Waals surface area contributed by atoms with E-state index in [-0.39, 0.29) is 11.4 Å². The van der Waals surface area contributed by atoms with Crippen molar-refractivity contribution in [2.45, 2.75) is 6.18 Å². The molecule has 6 heteroatoms. The highest BCUT2D eigenvalue weighted by atomic mass is 19.4. The van der Waals surface area contributed by atoms with Gasteiger partial charge in [-0.2, -0.15) is 13.2 Å². The van der Waals surface area contributed by atoms with E-state index in [1.54, 1.807) is 5.32 Å². The molecule has 1 aromatic rings. The molecule has 0 aliphatic heterocycles. The van der Waals surface area contributed by atoms with Crippen molar-refractivity contribution < 1.29 is 18.0 Å². The first kappa shape index (κ1) is 11.0. The van der Waals surface area contributed by atoms with Crippen molar-refractivity contribution in [3.63, 3.8) is 0 Å². The number of halogens is 3. The molecule has 1 amide bonds. The van der Waals surface area contributed by atoms with E-state index in [0.29, 0.717) is 0 Å². The van der Waals surface area contributed by atoms with Gasteiger partial charge in [-0.25, -0.2) is 4.98 Å². The van der Waals surface area contributed by atoms with Gasteiger partial charge in [0.15, 0.2) is 0 Å². The van der Waals surface area contributed by atoms with Crippen LogP contribution in [0.1, 0.15) is 5.69 Å². The van der Waals surface area contributed by atoms with E-state index in [9.17, 15) is 18.0 Å². The van der Waals surface area contributed by atoms with Crippen molar-refractivity contribution in [1.29, 1.82) is 0 Å². The molecule has 1 N–H and O–H groups in total. The predicted molar refractivity (Wildman–Crippen MR) is 46.9 cm³/mol. The van der Waals surface area contributed by atoms with Gasteiger partial charge in [0.05, 0.1) is 5.69 Å². The number of terminal acetylenes is 1. The molecule has 0 saturated heterocycles. The minimum absolute atomic E-state index is 0.0462. The number of carbonyl (C=O) groups excluding carboxylic acids is 1. The Morgan fingerprint density at radius 2 is 2.20 bits per heavy atom. The van der Waals surface area contributed by atoms with Crippen LogP contribution >= 0.6 is 0 Å². The summed E-state index contributed by atoms with van der Waals surface area (Å²) in [6.45, 7) is 0. The molecular formula is C9H5F3N2O. The second-order valence-electron chi connectivity index (χ2n) is 2.50. The molecule has 3 nitrogen and oxygen atoms in total. The Hall–Kier alpha value is -2.03. The number of rotatable bonds is 1. The third-order valence-corrected chi connectivity index (χ3v) is 1.45. The Kier molecular flexibility index (Phi) is 2.95. The SMILES string of the molecule is C#Cc1ncccc1NC(=O)C(F)(F)F. The van der Waals surface area contributed by atoms with Crippen LogP contribution < -0.4 is 5.32 Å². The lowest BCUT2D eigenvalue weighted by Gasteiger charge is -2.08. The lowest BCUT2D eigenvalue weighted by molar-refractivity contribution is -0.167. The smallest absolute Gasteiger partial charge is 0.316 e. The minimum atomic E-state index is -4.94. The summed E-state index contributed by atoms with van der Waals surface area (Å²) in [6.07, 6.45) is 1.37. The van der Waals surface area contributed by atoms with E-state index in [4.69, 9.17) is 6.42 Å². The van der Waals surface area contributed by atoms with Crippen LogP contribution in [0.3, 0.4) is 0 Å². The van der Waals surface area contributed by atoms with Crippen molar-refractivity contribution in [3.05, 3.63) is 24.0 Å². The summed E-state index contributed by atoms with van der Waals surface area (Å²) in [4.78, 5) is 14.2. The molecule has 1 rings (SSSR count). The van der Waals surface area contributed by atoms with Gasteiger partial charge in [0.2, 0.25) is 0 Å². The van der Waals surface area contributed by atoms with E-state index in [2.05, 4.69) is 10.9 Å². The number of pyridine rings is 1. The Balaban J connectivity index is 2.92. The Labute approximate surface area is 83.3 Å². The number of carbonyl (C=O) groups is 1. The summed E-state index contributed by atoms with van der Waals surface area (Å²) in [6, 6.07) is 2.61. The zero-order chi connectivity index (χ0) is 11.5. The zero-order valence-electron chi connectivity index (χ0n) is 7.30. The quantitative estimate of drug-likeness (QED) is 0.721. The molecule has 1 heterocycles. The minimum Gasteiger partial charge on any atom is -0.316 e. The molecule has 0 aliphatic rings. The molecule has 15 heavy (non-hydrogen) atoms. The predicted octanol–water partition coefficient (Wildman–Crippen LogP) is 1.56. The number of nitrogens with one attached hydrogen (secondary N) is 1. The summed E-state index contributed by atoms with van der Waals surface area (Å²) < 4.78 is 35.7. The van der Waals surface area contributed by atoms with E-state index in [1.807, 2.05) is 0 Å².